The van der Waals surface area contributed by atoms with Crippen LogP contribution in [0.15, 0.2) is 49.3 Å². The number of aliphatic hydroxyl groups is 1. The van der Waals surface area contributed by atoms with Crippen molar-refractivity contribution in [3.63, 3.8) is 0 Å². The van der Waals surface area contributed by atoms with Crippen molar-refractivity contribution in [1.82, 2.24) is 5.32 Å². The van der Waals surface area contributed by atoms with Crippen LogP contribution in [-0.2, 0) is 23.9 Å². The number of esters is 1. The summed E-state index contributed by atoms with van der Waals surface area (Å²) < 4.78 is 10.7. The third kappa shape index (κ3) is 8.93. The first-order valence-electron chi connectivity index (χ1n) is 10.4. The van der Waals surface area contributed by atoms with E-state index in [-0.39, 0.29) is 24.8 Å². The molecule has 0 aliphatic rings. The first kappa shape index (κ1) is 26.9. The third-order valence-electron chi connectivity index (χ3n) is 4.48. The summed E-state index contributed by atoms with van der Waals surface area (Å²) in [6.45, 7) is 15.9. The molecule has 1 aromatic carbocycles. The maximum atomic E-state index is 12.6. The SMILES string of the molecule is C=CC(=O)NCCOC(=C)C(=O)Nc1cccc(C(C(C)O)C(C)C(=O)OC(C)(C)C)c1. The lowest BCUT2D eigenvalue weighted by Gasteiger charge is -2.29. The van der Waals surface area contributed by atoms with Crippen LogP contribution in [0.5, 0.6) is 0 Å². The smallest absolute Gasteiger partial charge is 0.309 e. The van der Waals surface area contributed by atoms with Gasteiger partial charge in [-0.15, -0.1) is 0 Å². The Morgan fingerprint density at radius 2 is 1.88 bits per heavy atom. The van der Waals surface area contributed by atoms with E-state index >= 15 is 0 Å². The minimum absolute atomic E-state index is 0.0728. The number of hydrogen-bond donors (Lipinski definition) is 3. The molecule has 1 aromatic rings. The van der Waals surface area contributed by atoms with Crippen molar-refractivity contribution < 1.29 is 29.0 Å². The van der Waals surface area contributed by atoms with E-state index in [1.165, 1.54) is 0 Å². The van der Waals surface area contributed by atoms with E-state index in [0.29, 0.717) is 11.3 Å². The van der Waals surface area contributed by atoms with Crippen LogP contribution in [0.1, 0.15) is 46.1 Å². The summed E-state index contributed by atoms with van der Waals surface area (Å²) in [6.07, 6.45) is 0.311. The molecular weight excluding hydrogens is 412 g/mol. The number of carbonyl (C=O) groups is 3. The average Bonchev–Trinajstić information content (AvgIpc) is 2.69. The van der Waals surface area contributed by atoms with Crippen LogP contribution in [-0.4, -0.2) is 47.7 Å². The largest absolute Gasteiger partial charge is 0.487 e. The van der Waals surface area contributed by atoms with Crippen LogP contribution < -0.4 is 10.6 Å². The Kier molecular flexibility index (Phi) is 10.1. The average molecular weight is 447 g/mol. The molecule has 0 spiro atoms. The Labute approximate surface area is 189 Å². The van der Waals surface area contributed by atoms with E-state index in [1.54, 1.807) is 58.9 Å². The van der Waals surface area contributed by atoms with Gasteiger partial charge in [0.15, 0.2) is 5.76 Å². The molecule has 0 aromatic heterocycles. The van der Waals surface area contributed by atoms with Gasteiger partial charge in [0.2, 0.25) is 5.91 Å². The fourth-order valence-corrected chi connectivity index (χ4v) is 3.04. The Morgan fingerprint density at radius 1 is 1.22 bits per heavy atom. The topological polar surface area (TPSA) is 114 Å². The maximum absolute atomic E-state index is 12.6. The molecule has 2 amide bonds. The van der Waals surface area contributed by atoms with Gasteiger partial charge in [-0.2, -0.15) is 0 Å². The van der Waals surface area contributed by atoms with Gasteiger partial charge in [0.25, 0.3) is 5.91 Å². The van der Waals surface area contributed by atoms with Crippen LogP contribution in [0.25, 0.3) is 0 Å². The van der Waals surface area contributed by atoms with Gasteiger partial charge < -0.3 is 25.2 Å². The summed E-state index contributed by atoms with van der Waals surface area (Å²) in [5, 5.41) is 15.6. The summed E-state index contributed by atoms with van der Waals surface area (Å²) in [7, 11) is 0. The summed E-state index contributed by atoms with van der Waals surface area (Å²) >= 11 is 0. The first-order chi connectivity index (χ1) is 14.9. The number of aliphatic hydroxyl groups excluding tert-OH is 1. The lowest BCUT2D eigenvalue weighted by molar-refractivity contribution is -0.161. The zero-order chi connectivity index (χ0) is 24.5. The second kappa shape index (κ2) is 12.0. The fourth-order valence-electron chi connectivity index (χ4n) is 3.04. The van der Waals surface area contributed by atoms with E-state index in [2.05, 4.69) is 23.8 Å². The van der Waals surface area contributed by atoms with E-state index in [4.69, 9.17) is 9.47 Å². The highest BCUT2D eigenvalue weighted by atomic mass is 16.6. The van der Waals surface area contributed by atoms with Crippen molar-refractivity contribution in [2.45, 2.75) is 52.2 Å². The highest BCUT2D eigenvalue weighted by Gasteiger charge is 2.32. The molecule has 0 radical (unpaired) electrons. The summed E-state index contributed by atoms with van der Waals surface area (Å²) in [5.41, 5.74) is 0.494. The Hall–Kier alpha value is -3.13. The molecule has 3 N–H and O–H groups in total. The predicted octanol–water partition coefficient (Wildman–Crippen LogP) is 2.90. The van der Waals surface area contributed by atoms with Gasteiger partial charge in [-0.25, -0.2) is 0 Å². The van der Waals surface area contributed by atoms with Gasteiger partial charge in [-0.1, -0.05) is 32.2 Å². The summed E-state index contributed by atoms with van der Waals surface area (Å²) in [4.78, 5) is 36.0. The number of carbonyl (C=O) groups excluding carboxylic acids is 3. The van der Waals surface area contributed by atoms with Gasteiger partial charge in [0.1, 0.15) is 12.2 Å². The molecule has 0 fully saturated rings. The summed E-state index contributed by atoms with van der Waals surface area (Å²) in [6, 6.07) is 6.86. The van der Waals surface area contributed by atoms with Crippen molar-refractivity contribution in [2.75, 3.05) is 18.5 Å². The normalized spacial score (nSPS) is 13.8. The van der Waals surface area contributed by atoms with Crippen LogP contribution >= 0.6 is 0 Å². The molecule has 3 unspecified atom stereocenters. The monoisotopic (exact) mass is 446 g/mol. The quantitative estimate of drug-likeness (QED) is 0.208. The van der Waals surface area contributed by atoms with Crippen molar-refractivity contribution >= 4 is 23.5 Å². The van der Waals surface area contributed by atoms with Gasteiger partial charge >= 0.3 is 5.97 Å². The van der Waals surface area contributed by atoms with Gasteiger partial charge in [0, 0.05) is 11.6 Å². The zero-order valence-electron chi connectivity index (χ0n) is 19.4. The Bertz CT molecular complexity index is 841. The van der Waals surface area contributed by atoms with E-state index in [0.717, 1.165) is 6.08 Å². The number of hydrogen-bond acceptors (Lipinski definition) is 6. The molecule has 8 heteroatoms. The minimum atomic E-state index is -0.826. The lowest BCUT2D eigenvalue weighted by atomic mass is 9.83. The molecule has 0 bridgehead atoms. The molecule has 0 heterocycles. The second-order valence-corrected chi connectivity index (χ2v) is 8.43. The first-order valence-corrected chi connectivity index (χ1v) is 10.4. The molecule has 176 valence electrons. The maximum Gasteiger partial charge on any atom is 0.309 e. The molecule has 0 aliphatic heterocycles. The van der Waals surface area contributed by atoms with Crippen LogP contribution in [0.2, 0.25) is 0 Å². The van der Waals surface area contributed by atoms with Gasteiger partial charge in [-0.05, 0) is 51.5 Å². The number of benzene rings is 1. The van der Waals surface area contributed by atoms with Crippen molar-refractivity contribution in [3.8, 4) is 0 Å². The summed E-state index contributed by atoms with van der Waals surface area (Å²) in [5.74, 6) is -2.56. The molecule has 32 heavy (non-hydrogen) atoms. The fraction of sp³-hybridized carbons (Fsp3) is 0.458. The number of nitrogens with one attached hydrogen (secondary N) is 2. The molecule has 0 aliphatic carbocycles. The lowest BCUT2D eigenvalue weighted by Crippen LogP contribution is -2.33. The highest BCUT2D eigenvalue weighted by Crippen LogP contribution is 2.31. The van der Waals surface area contributed by atoms with E-state index in [9.17, 15) is 19.5 Å². The number of rotatable bonds is 11. The second-order valence-electron chi connectivity index (χ2n) is 8.43. The van der Waals surface area contributed by atoms with Crippen molar-refractivity contribution in [1.29, 1.82) is 0 Å². The van der Waals surface area contributed by atoms with Crippen LogP contribution in [0.3, 0.4) is 0 Å². The van der Waals surface area contributed by atoms with Gasteiger partial charge in [0.05, 0.1) is 18.6 Å². The molecule has 0 saturated heterocycles. The van der Waals surface area contributed by atoms with Crippen LogP contribution in [0, 0.1) is 5.92 Å². The standard InChI is InChI=1S/C24H34N2O6/c1-8-20(28)25-12-13-31-17(4)22(29)26-19-11-9-10-18(14-19)21(16(3)27)15(2)23(30)32-24(5,6)7/h8-11,14-16,21,27H,1,4,12-13H2,2-3,5-7H3,(H,25,28)(H,26,29). The van der Waals surface area contributed by atoms with Crippen molar-refractivity contribution in [3.05, 3.63) is 54.8 Å². The number of ether oxygens (including phenoxy) is 2. The highest BCUT2D eigenvalue weighted by molar-refractivity contribution is 6.01. The molecular formula is C24H34N2O6. The third-order valence-corrected chi connectivity index (χ3v) is 4.48. The molecule has 8 nitrogen and oxygen atoms in total. The van der Waals surface area contributed by atoms with Crippen LogP contribution in [0.4, 0.5) is 5.69 Å². The molecule has 0 saturated carbocycles. The van der Waals surface area contributed by atoms with E-state index < -0.39 is 35.4 Å². The number of anilines is 1. The minimum Gasteiger partial charge on any atom is -0.487 e. The van der Waals surface area contributed by atoms with E-state index in [1.807, 2.05) is 0 Å². The Balaban J connectivity index is 2.84. The number of amides is 2. The molecule has 1 rings (SSSR count). The Morgan fingerprint density at radius 3 is 2.44 bits per heavy atom. The van der Waals surface area contributed by atoms with Crippen molar-refractivity contribution in [2.24, 2.45) is 5.92 Å². The zero-order valence-corrected chi connectivity index (χ0v) is 19.4. The predicted molar refractivity (Wildman–Crippen MR) is 123 cm³/mol. The molecule has 3 atom stereocenters. The van der Waals surface area contributed by atoms with Gasteiger partial charge in [-0.3, -0.25) is 14.4 Å².